The quantitative estimate of drug-likeness (QED) is 0.917. The number of ether oxygens (including phenoxy) is 1. The van der Waals surface area contributed by atoms with Crippen LogP contribution in [-0.4, -0.2) is 23.3 Å². The van der Waals surface area contributed by atoms with E-state index in [2.05, 4.69) is 39.7 Å². The van der Waals surface area contributed by atoms with Gasteiger partial charge >= 0.3 is 0 Å². The van der Waals surface area contributed by atoms with Crippen LogP contribution in [0.3, 0.4) is 0 Å². The lowest BCUT2D eigenvalue weighted by Gasteiger charge is -2.24. The van der Waals surface area contributed by atoms with E-state index < -0.39 is 5.60 Å². The van der Waals surface area contributed by atoms with Gasteiger partial charge in [-0.2, -0.15) is 4.98 Å². The van der Waals surface area contributed by atoms with Crippen LogP contribution >= 0.6 is 0 Å². The van der Waals surface area contributed by atoms with Gasteiger partial charge in [-0.15, -0.1) is 0 Å². The average molecular weight is 285 g/mol. The minimum Gasteiger partial charge on any atom is -0.367 e. The second-order valence-electron chi connectivity index (χ2n) is 5.98. The van der Waals surface area contributed by atoms with E-state index in [0.29, 0.717) is 11.7 Å². The van der Waals surface area contributed by atoms with Crippen molar-refractivity contribution in [3.8, 4) is 0 Å². The highest BCUT2D eigenvalue weighted by molar-refractivity contribution is 5.35. The van der Waals surface area contributed by atoms with E-state index in [1.54, 1.807) is 0 Å². The van der Waals surface area contributed by atoms with Crippen LogP contribution in [0.25, 0.3) is 0 Å². The second-order valence-corrected chi connectivity index (χ2v) is 5.98. The molecule has 2 aromatic rings. The fraction of sp³-hybridized carbons (Fsp3) is 0.500. The van der Waals surface area contributed by atoms with Gasteiger partial charge in [0.2, 0.25) is 11.7 Å². The number of benzene rings is 1. The largest absolute Gasteiger partial charge is 0.367 e. The highest BCUT2D eigenvalue weighted by Gasteiger charge is 2.38. The molecule has 2 unspecified atom stereocenters. The summed E-state index contributed by atoms with van der Waals surface area (Å²) >= 11 is 0. The molecule has 1 fully saturated rings. The SMILES string of the molecule is CC1(c2noc(C3NCCc4ccccc43)n2)CCCO1. The van der Waals surface area contributed by atoms with Gasteiger partial charge in [-0.25, -0.2) is 0 Å². The van der Waals surface area contributed by atoms with Crippen molar-refractivity contribution in [1.82, 2.24) is 15.5 Å². The molecule has 1 aromatic carbocycles. The summed E-state index contributed by atoms with van der Waals surface area (Å²) in [5.41, 5.74) is 2.19. The molecule has 0 saturated carbocycles. The van der Waals surface area contributed by atoms with Crippen molar-refractivity contribution in [2.75, 3.05) is 13.2 Å². The third-order valence-corrected chi connectivity index (χ3v) is 4.49. The summed E-state index contributed by atoms with van der Waals surface area (Å²) in [4.78, 5) is 4.62. The predicted octanol–water partition coefficient (Wildman–Crippen LogP) is 2.33. The van der Waals surface area contributed by atoms with E-state index in [1.165, 1.54) is 11.1 Å². The summed E-state index contributed by atoms with van der Waals surface area (Å²) in [5, 5.41) is 7.64. The molecule has 0 radical (unpaired) electrons. The molecule has 0 aliphatic carbocycles. The van der Waals surface area contributed by atoms with Crippen molar-refractivity contribution >= 4 is 0 Å². The highest BCUT2D eigenvalue weighted by atomic mass is 16.5. The van der Waals surface area contributed by atoms with Gasteiger partial charge in [0.1, 0.15) is 11.6 Å². The van der Waals surface area contributed by atoms with E-state index in [4.69, 9.17) is 9.26 Å². The summed E-state index contributed by atoms with van der Waals surface area (Å²) in [7, 11) is 0. The van der Waals surface area contributed by atoms with Crippen LogP contribution in [0.2, 0.25) is 0 Å². The van der Waals surface area contributed by atoms with Gasteiger partial charge in [0.15, 0.2) is 0 Å². The zero-order valence-corrected chi connectivity index (χ0v) is 12.1. The Kier molecular flexibility index (Phi) is 3.05. The van der Waals surface area contributed by atoms with Gasteiger partial charge in [-0.05, 0) is 37.3 Å². The lowest BCUT2D eigenvalue weighted by atomic mass is 9.94. The Hall–Kier alpha value is -1.72. The lowest BCUT2D eigenvalue weighted by Crippen LogP contribution is -2.31. The predicted molar refractivity (Wildman–Crippen MR) is 76.8 cm³/mol. The molecule has 110 valence electrons. The molecular formula is C16H19N3O2. The lowest BCUT2D eigenvalue weighted by molar-refractivity contribution is 0.00768. The molecule has 4 rings (SSSR count). The maximum atomic E-state index is 5.79. The van der Waals surface area contributed by atoms with Crippen molar-refractivity contribution < 1.29 is 9.26 Å². The molecule has 2 atom stereocenters. The Bertz CT molecular complexity index is 646. The van der Waals surface area contributed by atoms with Crippen molar-refractivity contribution in [3.63, 3.8) is 0 Å². The van der Waals surface area contributed by atoms with Crippen molar-refractivity contribution in [1.29, 1.82) is 0 Å². The van der Waals surface area contributed by atoms with Crippen molar-refractivity contribution in [2.45, 2.75) is 37.8 Å². The third-order valence-electron chi connectivity index (χ3n) is 4.49. The van der Waals surface area contributed by atoms with E-state index in [9.17, 15) is 0 Å². The maximum Gasteiger partial charge on any atom is 0.248 e. The zero-order chi connectivity index (χ0) is 14.3. The van der Waals surface area contributed by atoms with E-state index >= 15 is 0 Å². The third kappa shape index (κ3) is 2.17. The molecule has 2 aliphatic heterocycles. The maximum absolute atomic E-state index is 5.79. The molecule has 3 heterocycles. The number of fused-ring (bicyclic) bond motifs is 1. The summed E-state index contributed by atoms with van der Waals surface area (Å²) in [6, 6.07) is 8.41. The smallest absolute Gasteiger partial charge is 0.248 e. The minimum atomic E-state index is -0.393. The number of aromatic nitrogens is 2. The first-order valence-electron chi connectivity index (χ1n) is 7.55. The fourth-order valence-electron chi connectivity index (χ4n) is 3.25. The van der Waals surface area contributed by atoms with E-state index in [-0.39, 0.29) is 6.04 Å². The Morgan fingerprint density at radius 1 is 1.33 bits per heavy atom. The molecule has 2 aliphatic rings. The summed E-state index contributed by atoms with van der Waals surface area (Å²) in [6.07, 6.45) is 3.03. The van der Waals surface area contributed by atoms with Gasteiger partial charge in [0.05, 0.1) is 0 Å². The Morgan fingerprint density at radius 2 is 2.24 bits per heavy atom. The van der Waals surface area contributed by atoms with Gasteiger partial charge in [-0.3, -0.25) is 0 Å². The first kappa shape index (κ1) is 13.0. The summed E-state index contributed by atoms with van der Waals surface area (Å²) in [5.74, 6) is 1.30. The number of nitrogens with one attached hydrogen (secondary N) is 1. The summed E-state index contributed by atoms with van der Waals surface area (Å²) < 4.78 is 11.3. The molecule has 21 heavy (non-hydrogen) atoms. The van der Waals surface area contributed by atoms with Gasteiger partial charge < -0.3 is 14.6 Å². The normalized spacial score (nSPS) is 28.5. The Labute approximate surface area is 123 Å². The van der Waals surface area contributed by atoms with Crippen LogP contribution in [0.1, 0.15) is 48.6 Å². The van der Waals surface area contributed by atoms with Crippen LogP contribution < -0.4 is 5.32 Å². The molecular weight excluding hydrogens is 266 g/mol. The molecule has 0 spiro atoms. The molecule has 5 nitrogen and oxygen atoms in total. The van der Waals surface area contributed by atoms with Crippen molar-refractivity contribution in [3.05, 3.63) is 47.1 Å². The van der Waals surface area contributed by atoms with Gasteiger partial charge in [0.25, 0.3) is 0 Å². The Balaban J connectivity index is 1.68. The Morgan fingerprint density at radius 3 is 3.10 bits per heavy atom. The minimum absolute atomic E-state index is 0.0128. The summed E-state index contributed by atoms with van der Waals surface area (Å²) in [6.45, 7) is 3.73. The van der Waals surface area contributed by atoms with Crippen LogP contribution in [0.4, 0.5) is 0 Å². The molecule has 0 bridgehead atoms. The molecule has 1 N–H and O–H groups in total. The topological polar surface area (TPSA) is 60.2 Å². The van der Waals surface area contributed by atoms with Crippen molar-refractivity contribution in [2.24, 2.45) is 0 Å². The molecule has 1 aromatic heterocycles. The highest BCUT2D eigenvalue weighted by Crippen LogP contribution is 2.35. The molecule has 0 amide bonds. The van der Waals surface area contributed by atoms with Crippen LogP contribution in [0.15, 0.2) is 28.8 Å². The van der Waals surface area contributed by atoms with E-state index in [1.807, 2.05) is 6.92 Å². The monoisotopic (exact) mass is 285 g/mol. The van der Waals surface area contributed by atoms with Crippen LogP contribution in [0.5, 0.6) is 0 Å². The average Bonchev–Trinajstić information content (AvgIpc) is 3.16. The van der Waals surface area contributed by atoms with Gasteiger partial charge in [0, 0.05) is 13.2 Å². The van der Waals surface area contributed by atoms with E-state index in [0.717, 1.165) is 32.4 Å². The van der Waals surface area contributed by atoms with Gasteiger partial charge in [-0.1, -0.05) is 29.4 Å². The fourth-order valence-corrected chi connectivity index (χ4v) is 3.25. The standard InChI is InChI=1S/C16H19N3O2/c1-16(8-4-10-20-16)15-18-14(21-19-15)13-12-6-3-2-5-11(12)7-9-17-13/h2-3,5-6,13,17H,4,7-10H2,1H3. The molecule has 5 heteroatoms. The molecule has 1 saturated heterocycles. The number of nitrogens with zero attached hydrogens (tertiary/aromatic N) is 2. The second kappa shape index (κ2) is 4.93. The number of hydrogen-bond acceptors (Lipinski definition) is 5. The first-order chi connectivity index (χ1) is 10.3. The van der Waals surface area contributed by atoms with Crippen LogP contribution in [0, 0.1) is 0 Å². The number of hydrogen-bond donors (Lipinski definition) is 1. The zero-order valence-electron chi connectivity index (χ0n) is 12.1. The number of rotatable bonds is 2. The first-order valence-corrected chi connectivity index (χ1v) is 7.55. The van der Waals surface area contributed by atoms with Crippen LogP contribution in [-0.2, 0) is 16.8 Å².